The lowest BCUT2D eigenvalue weighted by atomic mass is 10.2. The Morgan fingerprint density at radius 3 is 2.13 bits per heavy atom. The molecule has 0 bridgehead atoms. The Morgan fingerprint density at radius 1 is 0.933 bits per heavy atom. The first kappa shape index (κ1) is 22.2. The quantitative estimate of drug-likeness (QED) is 0.719. The van der Waals surface area contributed by atoms with E-state index in [0.29, 0.717) is 6.07 Å². The van der Waals surface area contributed by atoms with Gasteiger partial charge in [0, 0.05) is 32.2 Å². The van der Waals surface area contributed by atoms with E-state index < -0.39 is 50.1 Å². The highest BCUT2D eigenvalue weighted by atomic mass is 32.2. The molecular formula is C19H19F4N3O3S. The lowest BCUT2D eigenvalue weighted by Crippen LogP contribution is -2.54. The number of amides is 1. The molecule has 0 aliphatic carbocycles. The average Bonchev–Trinajstić information content (AvgIpc) is 2.72. The third-order valence-corrected chi connectivity index (χ3v) is 6.81. The lowest BCUT2D eigenvalue weighted by molar-refractivity contribution is -0.121. The van der Waals surface area contributed by atoms with Crippen molar-refractivity contribution in [2.24, 2.45) is 0 Å². The molecule has 0 saturated carbocycles. The fourth-order valence-corrected chi connectivity index (χ4v) is 4.64. The Hall–Kier alpha value is -2.50. The van der Waals surface area contributed by atoms with Crippen LogP contribution in [-0.2, 0) is 14.8 Å². The van der Waals surface area contributed by atoms with Crippen LogP contribution in [-0.4, -0.2) is 55.8 Å². The van der Waals surface area contributed by atoms with Crippen LogP contribution in [0.4, 0.5) is 23.2 Å². The molecule has 162 valence electrons. The van der Waals surface area contributed by atoms with Gasteiger partial charge in [0.05, 0.1) is 11.7 Å². The van der Waals surface area contributed by atoms with Gasteiger partial charge in [0.25, 0.3) is 0 Å². The fourth-order valence-electron chi connectivity index (χ4n) is 3.14. The normalized spacial score (nSPS) is 17.0. The molecule has 6 nitrogen and oxygen atoms in total. The number of carbonyl (C=O) groups is 1. The van der Waals surface area contributed by atoms with Crippen LogP contribution in [0.2, 0.25) is 0 Å². The van der Waals surface area contributed by atoms with Crippen LogP contribution in [0.5, 0.6) is 0 Å². The van der Waals surface area contributed by atoms with Crippen LogP contribution in [0.3, 0.4) is 0 Å². The summed E-state index contributed by atoms with van der Waals surface area (Å²) in [4.78, 5) is 13.3. The summed E-state index contributed by atoms with van der Waals surface area (Å²) in [5.74, 6) is -4.01. The van der Waals surface area contributed by atoms with E-state index in [0.717, 1.165) is 34.6 Å². The monoisotopic (exact) mass is 445 g/mol. The fraction of sp³-hybridized carbons (Fsp3) is 0.316. The van der Waals surface area contributed by atoms with Gasteiger partial charge < -0.3 is 5.32 Å². The minimum atomic E-state index is -4.24. The van der Waals surface area contributed by atoms with Crippen molar-refractivity contribution in [1.82, 2.24) is 9.21 Å². The molecule has 2 aromatic rings. The molecule has 1 aliphatic heterocycles. The second-order valence-corrected chi connectivity index (χ2v) is 8.71. The van der Waals surface area contributed by atoms with Gasteiger partial charge in [-0.1, -0.05) is 0 Å². The summed E-state index contributed by atoms with van der Waals surface area (Å²) in [6, 6.07) is 4.12. The number of anilines is 1. The number of sulfonamides is 1. The summed E-state index contributed by atoms with van der Waals surface area (Å²) in [5, 5.41) is 2.31. The van der Waals surface area contributed by atoms with E-state index in [2.05, 4.69) is 5.32 Å². The van der Waals surface area contributed by atoms with Gasteiger partial charge in [0.1, 0.15) is 28.2 Å². The summed E-state index contributed by atoms with van der Waals surface area (Å²) in [7, 11) is -4.24. The van der Waals surface area contributed by atoms with Crippen molar-refractivity contribution in [3.63, 3.8) is 0 Å². The number of carbonyl (C=O) groups excluding carboxylic acids is 1. The van der Waals surface area contributed by atoms with Gasteiger partial charge >= 0.3 is 0 Å². The number of halogens is 4. The summed E-state index contributed by atoms with van der Waals surface area (Å²) in [5.41, 5.74) is -0.297. The summed E-state index contributed by atoms with van der Waals surface area (Å²) in [6.07, 6.45) is 0. The van der Waals surface area contributed by atoms with Crippen LogP contribution in [0.1, 0.15) is 6.92 Å². The van der Waals surface area contributed by atoms with E-state index in [1.165, 1.54) is 0 Å². The van der Waals surface area contributed by atoms with Crippen molar-refractivity contribution >= 4 is 21.6 Å². The SMILES string of the molecule is CC(C(=O)Nc1cc(F)ccc1F)N1CCN(S(=O)(=O)c2cc(F)ccc2F)CC1. The first-order chi connectivity index (χ1) is 14.1. The number of benzene rings is 2. The van der Waals surface area contributed by atoms with Crippen molar-refractivity contribution in [2.45, 2.75) is 17.9 Å². The number of hydrogen-bond donors (Lipinski definition) is 1. The largest absolute Gasteiger partial charge is 0.322 e. The van der Waals surface area contributed by atoms with Gasteiger partial charge in [-0.3, -0.25) is 9.69 Å². The summed E-state index contributed by atoms with van der Waals surface area (Å²) >= 11 is 0. The predicted molar refractivity (Wildman–Crippen MR) is 101 cm³/mol. The third kappa shape index (κ3) is 4.63. The minimum Gasteiger partial charge on any atom is -0.322 e. The molecule has 1 saturated heterocycles. The average molecular weight is 445 g/mol. The van der Waals surface area contributed by atoms with Gasteiger partial charge in [-0.05, 0) is 37.3 Å². The lowest BCUT2D eigenvalue weighted by Gasteiger charge is -2.36. The maximum Gasteiger partial charge on any atom is 0.246 e. The highest BCUT2D eigenvalue weighted by Gasteiger charge is 2.33. The van der Waals surface area contributed by atoms with E-state index >= 15 is 0 Å². The Kier molecular flexibility index (Phi) is 6.44. The molecule has 1 atom stereocenters. The van der Waals surface area contributed by atoms with Crippen molar-refractivity contribution in [3.05, 3.63) is 59.7 Å². The zero-order valence-electron chi connectivity index (χ0n) is 15.9. The third-order valence-electron chi connectivity index (χ3n) is 4.90. The maximum absolute atomic E-state index is 13.9. The molecule has 1 amide bonds. The zero-order valence-corrected chi connectivity index (χ0v) is 16.7. The summed E-state index contributed by atoms with van der Waals surface area (Å²) in [6.45, 7) is 1.71. The molecule has 2 aromatic carbocycles. The molecule has 1 unspecified atom stereocenters. The van der Waals surface area contributed by atoms with Crippen LogP contribution in [0, 0.1) is 23.3 Å². The van der Waals surface area contributed by atoms with Crippen molar-refractivity contribution < 1.29 is 30.8 Å². The smallest absolute Gasteiger partial charge is 0.246 e. The van der Waals surface area contributed by atoms with Gasteiger partial charge in [-0.25, -0.2) is 26.0 Å². The van der Waals surface area contributed by atoms with Crippen LogP contribution < -0.4 is 5.32 Å². The molecule has 1 aliphatic rings. The molecule has 0 spiro atoms. The molecule has 1 N–H and O–H groups in total. The molecule has 1 fully saturated rings. The van der Waals surface area contributed by atoms with E-state index in [9.17, 15) is 30.8 Å². The molecular weight excluding hydrogens is 426 g/mol. The first-order valence-electron chi connectivity index (χ1n) is 9.05. The zero-order chi connectivity index (χ0) is 22.1. The van der Waals surface area contributed by atoms with E-state index in [4.69, 9.17) is 0 Å². The van der Waals surface area contributed by atoms with E-state index in [1.54, 1.807) is 11.8 Å². The molecule has 11 heteroatoms. The van der Waals surface area contributed by atoms with Gasteiger partial charge in [-0.2, -0.15) is 4.31 Å². The number of nitrogens with one attached hydrogen (secondary N) is 1. The minimum absolute atomic E-state index is 0.0514. The molecule has 3 rings (SSSR count). The second-order valence-electron chi connectivity index (χ2n) is 6.80. The first-order valence-corrected chi connectivity index (χ1v) is 10.5. The highest BCUT2D eigenvalue weighted by Crippen LogP contribution is 2.22. The van der Waals surface area contributed by atoms with Crippen LogP contribution in [0.15, 0.2) is 41.3 Å². The van der Waals surface area contributed by atoms with Crippen molar-refractivity contribution in [2.75, 3.05) is 31.5 Å². The Bertz CT molecular complexity index is 1060. The molecule has 30 heavy (non-hydrogen) atoms. The van der Waals surface area contributed by atoms with E-state index in [-0.39, 0.29) is 31.9 Å². The highest BCUT2D eigenvalue weighted by molar-refractivity contribution is 7.89. The molecule has 0 aromatic heterocycles. The van der Waals surface area contributed by atoms with Crippen LogP contribution in [0.25, 0.3) is 0 Å². The van der Waals surface area contributed by atoms with Crippen molar-refractivity contribution in [1.29, 1.82) is 0 Å². The topological polar surface area (TPSA) is 69.7 Å². The molecule has 1 heterocycles. The number of piperazine rings is 1. The summed E-state index contributed by atoms with van der Waals surface area (Å²) < 4.78 is 80.5. The Balaban J connectivity index is 1.65. The maximum atomic E-state index is 13.9. The molecule has 0 radical (unpaired) electrons. The van der Waals surface area contributed by atoms with Crippen LogP contribution >= 0.6 is 0 Å². The second kappa shape index (κ2) is 8.70. The number of rotatable bonds is 5. The standard InChI is InChI=1S/C19H19F4N3O3S/c1-12(19(27)24-17-10-13(20)2-4-15(17)22)25-6-8-26(9-7-25)30(28,29)18-11-14(21)3-5-16(18)23/h2-5,10-12H,6-9H2,1H3,(H,24,27). The Labute approximate surface area is 171 Å². The predicted octanol–water partition coefficient (Wildman–Crippen LogP) is 2.58. The Morgan fingerprint density at radius 2 is 1.50 bits per heavy atom. The van der Waals surface area contributed by atoms with Crippen molar-refractivity contribution in [3.8, 4) is 0 Å². The number of hydrogen-bond acceptors (Lipinski definition) is 4. The number of nitrogens with zero attached hydrogens (tertiary/aromatic N) is 2. The van der Waals surface area contributed by atoms with E-state index in [1.807, 2.05) is 0 Å². The van der Waals surface area contributed by atoms with Gasteiger partial charge in [0.15, 0.2) is 0 Å². The van der Waals surface area contributed by atoms with Gasteiger partial charge in [0.2, 0.25) is 15.9 Å². The van der Waals surface area contributed by atoms with Gasteiger partial charge in [-0.15, -0.1) is 0 Å².